The van der Waals surface area contributed by atoms with Gasteiger partial charge in [-0.05, 0) is 25.7 Å². The van der Waals surface area contributed by atoms with Crippen LogP contribution in [0.1, 0.15) is 335 Å². The van der Waals surface area contributed by atoms with E-state index in [1.54, 1.807) is 0 Å². The van der Waals surface area contributed by atoms with Crippen molar-refractivity contribution in [1.29, 1.82) is 0 Å². The van der Waals surface area contributed by atoms with E-state index >= 15 is 0 Å². The van der Waals surface area contributed by atoms with Gasteiger partial charge in [-0.3, -0.25) is 0 Å². The zero-order valence-electron chi connectivity index (χ0n) is 41.7. The SMILES string of the molecule is CCCCCCCCCCCCCCCCCCCC1N(CCCCCCCCCCCCCCCC)C=CN1CCCCCCCCCCCCCCCCCCC. The fourth-order valence-electron chi connectivity index (χ4n) is 9.90. The lowest BCUT2D eigenvalue weighted by Gasteiger charge is -2.33. The Morgan fingerprint density at radius 3 is 0.593 bits per heavy atom. The average molecular weight is 828 g/mol. The molecule has 1 aliphatic heterocycles. The van der Waals surface area contributed by atoms with Crippen LogP contribution in [0.3, 0.4) is 0 Å². The highest BCUT2D eigenvalue weighted by Crippen LogP contribution is 2.25. The van der Waals surface area contributed by atoms with Crippen molar-refractivity contribution in [3.05, 3.63) is 12.4 Å². The molecule has 1 atom stereocenters. The highest BCUT2D eigenvalue weighted by Gasteiger charge is 2.25. The van der Waals surface area contributed by atoms with Gasteiger partial charge in [0.15, 0.2) is 0 Å². The predicted octanol–water partition coefficient (Wildman–Crippen LogP) is 20.6. The maximum absolute atomic E-state index is 2.75. The van der Waals surface area contributed by atoms with Crippen LogP contribution in [-0.4, -0.2) is 29.1 Å². The Kier molecular flexibility index (Phi) is 46.2. The van der Waals surface area contributed by atoms with Crippen LogP contribution in [0.25, 0.3) is 0 Å². The number of rotatable bonds is 51. The highest BCUT2D eigenvalue weighted by molar-refractivity contribution is 4.97. The molecule has 0 N–H and O–H groups in total. The maximum atomic E-state index is 2.75. The summed E-state index contributed by atoms with van der Waals surface area (Å²) in [6.45, 7) is 9.50. The predicted molar refractivity (Wildman–Crippen MR) is 270 cm³/mol. The molecule has 0 aromatic heterocycles. The molecule has 0 spiro atoms. The van der Waals surface area contributed by atoms with E-state index in [0.717, 1.165) is 0 Å². The van der Waals surface area contributed by atoms with Gasteiger partial charge in [-0.2, -0.15) is 0 Å². The Hall–Kier alpha value is -0.660. The van der Waals surface area contributed by atoms with Crippen LogP contribution in [0.4, 0.5) is 0 Å². The summed E-state index contributed by atoms with van der Waals surface area (Å²) in [5, 5.41) is 0. The monoisotopic (exact) mass is 827 g/mol. The van der Waals surface area contributed by atoms with Gasteiger partial charge < -0.3 is 9.80 Å². The molecule has 0 fully saturated rings. The number of hydrogen-bond donors (Lipinski definition) is 0. The van der Waals surface area contributed by atoms with Crippen molar-refractivity contribution in [1.82, 2.24) is 9.80 Å². The summed E-state index contributed by atoms with van der Waals surface area (Å²) in [7, 11) is 0. The molecule has 0 bridgehead atoms. The summed E-state index contributed by atoms with van der Waals surface area (Å²) in [6, 6.07) is 0. The molecule has 0 radical (unpaired) electrons. The smallest absolute Gasteiger partial charge is 0.101 e. The standard InChI is InChI=1S/C57H114N2/c1-4-7-10-13-16-19-22-25-28-30-32-34-37-40-43-46-49-52-57-58(53-50-47-44-41-38-35-27-24-21-18-15-12-9-6-3)55-56-59(57)54-51-48-45-42-39-36-33-31-29-26-23-20-17-14-11-8-5-2/h55-57H,4-54H2,1-3H3. The lowest BCUT2D eigenvalue weighted by Crippen LogP contribution is -2.39. The molecule has 0 aliphatic carbocycles. The fraction of sp³-hybridized carbons (Fsp3) is 0.965. The lowest BCUT2D eigenvalue weighted by atomic mass is 10.0. The molecular weight excluding hydrogens is 713 g/mol. The zero-order valence-corrected chi connectivity index (χ0v) is 41.7. The summed E-state index contributed by atoms with van der Waals surface area (Å²) in [5.74, 6) is 0. The molecule has 1 rings (SSSR count). The van der Waals surface area contributed by atoms with Gasteiger partial charge in [0.05, 0.1) is 0 Å². The molecule has 1 heterocycles. The second-order valence-electron chi connectivity index (χ2n) is 20.0. The van der Waals surface area contributed by atoms with Crippen LogP contribution in [0, 0.1) is 0 Å². The Balaban J connectivity index is 2.18. The van der Waals surface area contributed by atoms with Crippen LogP contribution < -0.4 is 0 Å². The minimum atomic E-state index is 0.634. The van der Waals surface area contributed by atoms with E-state index in [1.165, 1.54) is 328 Å². The van der Waals surface area contributed by atoms with Crippen LogP contribution in [0.15, 0.2) is 12.4 Å². The van der Waals surface area contributed by atoms with Crippen LogP contribution >= 0.6 is 0 Å². The Labute approximate surface area is 375 Å². The van der Waals surface area contributed by atoms with Crippen molar-refractivity contribution < 1.29 is 0 Å². The number of hydrogen-bond acceptors (Lipinski definition) is 2. The fourth-order valence-corrected chi connectivity index (χ4v) is 9.90. The normalized spacial score (nSPS) is 14.1. The zero-order chi connectivity index (χ0) is 42.2. The Bertz CT molecular complexity index is 792. The number of unbranched alkanes of at least 4 members (excludes halogenated alkanes) is 45. The van der Waals surface area contributed by atoms with Crippen molar-refractivity contribution >= 4 is 0 Å². The van der Waals surface area contributed by atoms with Crippen LogP contribution in [-0.2, 0) is 0 Å². The maximum Gasteiger partial charge on any atom is 0.101 e. The lowest BCUT2D eigenvalue weighted by molar-refractivity contribution is 0.135. The summed E-state index contributed by atoms with van der Waals surface area (Å²) >= 11 is 0. The minimum absolute atomic E-state index is 0.634. The van der Waals surface area contributed by atoms with E-state index in [-0.39, 0.29) is 0 Å². The van der Waals surface area contributed by atoms with Gasteiger partial charge >= 0.3 is 0 Å². The third-order valence-electron chi connectivity index (χ3n) is 14.1. The topological polar surface area (TPSA) is 6.48 Å². The van der Waals surface area contributed by atoms with E-state index in [2.05, 4.69) is 43.0 Å². The van der Waals surface area contributed by atoms with Gasteiger partial charge in [0.25, 0.3) is 0 Å². The molecule has 352 valence electrons. The molecule has 2 nitrogen and oxygen atoms in total. The van der Waals surface area contributed by atoms with Gasteiger partial charge in [-0.1, -0.05) is 310 Å². The van der Waals surface area contributed by atoms with Crippen LogP contribution in [0.5, 0.6) is 0 Å². The molecule has 0 saturated heterocycles. The molecular formula is C57H114N2. The second kappa shape index (κ2) is 48.4. The van der Waals surface area contributed by atoms with Crippen molar-refractivity contribution in [3.63, 3.8) is 0 Å². The first kappa shape index (κ1) is 56.4. The minimum Gasteiger partial charge on any atom is -0.356 e. The van der Waals surface area contributed by atoms with Gasteiger partial charge in [0.1, 0.15) is 6.17 Å². The Morgan fingerprint density at radius 1 is 0.220 bits per heavy atom. The van der Waals surface area contributed by atoms with Crippen molar-refractivity contribution in [2.45, 2.75) is 342 Å². The first-order chi connectivity index (χ1) is 29.3. The summed E-state index contributed by atoms with van der Waals surface area (Å²) in [5.41, 5.74) is 0. The molecule has 0 aromatic carbocycles. The molecule has 0 saturated carbocycles. The average Bonchev–Trinajstić information content (AvgIpc) is 3.63. The first-order valence-corrected chi connectivity index (χ1v) is 28.5. The quantitative estimate of drug-likeness (QED) is 0.0564. The third kappa shape index (κ3) is 39.9. The molecule has 0 amide bonds. The summed E-state index contributed by atoms with van der Waals surface area (Å²) in [6.07, 6.45) is 76.8. The largest absolute Gasteiger partial charge is 0.356 e. The third-order valence-corrected chi connectivity index (χ3v) is 14.1. The molecule has 59 heavy (non-hydrogen) atoms. The highest BCUT2D eigenvalue weighted by atomic mass is 15.4. The van der Waals surface area contributed by atoms with E-state index in [1.807, 2.05) is 0 Å². The molecule has 1 unspecified atom stereocenters. The van der Waals surface area contributed by atoms with Crippen molar-refractivity contribution in [2.75, 3.05) is 13.1 Å². The summed E-state index contributed by atoms with van der Waals surface area (Å²) in [4.78, 5) is 5.50. The van der Waals surface area contributed by atoms with Crippen molar-refractivity contribution in [2.24, 2.45) is 0 Å². The van der Waals surface area contributed by atoms with E-state index in [4.69, 9.17) is 0 Å². The number of nitrogens with zero attached hydrogens (tertiary/aromatic N) is 2. The molecule has 2 heteroatoms. The van der Waals surface area contributed by atoms with Crippen molar-refractivity contribution in [3.8, 4) is 0 Å². The van der Waals surface area contributed by atoms with Crippen LogP contribution in [0.2, 0.25) is 0 Å². The first-order valence-electron chi connectivity index (χ1n) is 28.5. The van der Waals surface area contributed by atoms with E-state index < -0.39 is 0 Å². The molecule has 1 aliphatic rings. The summed E-state index contributed by atoms with van der Waals surface area (Å²) < 4.78 is 0. The van der Waals surface area contributed by atoms with Gasteiger partial charge in [-0.25, -0.2) is 0 Å². The second-order valence-corrected chi connectivity index (χ2v) is 20.0. The van der Waals surface area contributed by atoms with Gasteiger partial charge in [-0.15, -0.1) is 0 Å². The van der Waals surface area contributed by atoms with E-state index in [9.17, 15) is 0 Å². The molecule has 0 aromatic rings. The van der Waals surface area contributed by atoms with E-state index in [0.29, 0.717) is 6.17 Å². The Morgan fingerprint density at radius 2 is 0.390 bits per heavy atom. The van der Waals surface area contributed by atoms with Gasteiger partial charge in [0.2, 0.25) is 0 Å². The van der Waals surface area contributed by atoms with Gasteiger partial charge in [0, 0.05) is 25.5 Å².